The van der Waals surface area contributed by atoms with Crippen LogP contribution < -0.4 is 5.32 Å². The highest BCUT2D eigenvalue weighted by Gasteiger charge is 2.31. The number of nitrogens with zero attached hydrogens (tertiary/aromatic N) is 2. The third-order valence-corrected chi connectivity index (χ3v) is 4.04. The van der Waals surface area contributed by atoms with E-state index in [1.165, 1.54) is 25.7 Å². The third-order valence-electron chi connectivity index (χ3n) is 4.04. The van der Waals surface area contributed by atoms with Crippen LogP contribution >= 0.6 is 0 Å². The first-order valence-electron chi connectivity index (χ1n) is 8.17. The van der Waals surface area contributed by atoms with Crippen LogP contribution in [0, 0.1) is 5.41 Å². The van der Waals surface area contributed by atoms with E-state index in [9.17, 15) is 0 Å². The zero-order chi connectivity index (χ0) is 14.8. The summed E-state index contributed by atoms with van der Waals surface area (Å²) in [5, 5.41) is 3.44. The highest BCUT2D eigenvalue weighted by molar-refractivity contribution is 5.80. The van der Waals surface area contributed by atoms with E-state index < -0.39 is 0 Å². The molecule has 4 nitrogen and oxygen atoms in total. The zero-order valence-electron chi connectivity index (χ0n) is 13.9. The number of nitrogens with one attached hydrogen (secondary N) is 1. The molecule has 1 aliphatic rings. The lowest BCUT2D eigenvalue weighted by Crippen LogP contribution is -2.49. The predicted molar refractivity (Wildman–Crippen MR) is 86.3 cm³/mol. The summed E-state index contributed by atoms with van der Waals surface area (Å²) in [6.45, 7) is 11.7. The van der Waals surface area contributed by atoms with Gasteiger partial charge in [-0.25, -0.2) is 0 Å². The minimum atomic E-state index is 0.454. The number of methoxy groups -OCH3 is 1. The molecule has 0 aromatic carbocycles. The fraction of sp³-hybridized carbons (Fsp3) is 0.938. The minimum absolute atomic E-state index is 0.454. The lowest BCUT2D eigenvalue weighted by Gasteiger charge is -2.42. The molecular weight excluding hydrogens is 250 g/mol. The van der Waals surface area contributed by atoms with Crippen LogP contribution in [0.3, 0.4) is 0 Å². The fourth-order valence-electron chi connectivity index (χ4n) is 3.12. The molecule has 0 bridgehead atoms. The second-order valence-corrected chi connectivity index (χ2v) is 6.17. The molecule has 4 heteroatoms. The monoisotopic (exact) mass is 283 g/mol. The summed E-state index contributed by atoms with van der Waals surface area (Å²) in [6, 6.07) is 0. The number of hydrogen-bond donors (Lipinski definition) is 1. The SMILES string of the molecule is CCCC1(C)CCCN(C(=NCCCOC)NCC)C1. The van der Waals surface area contributed by atoms with Crippen molar-refractivity contribution in [2.24, 2.45) is 10.4 Å². The molecule has 118 valence electrons. The van der Waals surface area contributed by atoms with Crippen LogP contribution in [0.1, 0.15) is 52.9 Å². The average molecular weight is 283 g/mol. The van der Waals surface area contributed by atoms with Gasteiger partial charge in [0.2, 0.25) is 0 Å². The van der Waals surface area contributed by atoms with E-state index in [0.717, 1.165) is 45.2 Å². The second-order valence-electron chi connectivity index (χ2n) is 6.17. The normalized spacial score (nSPS) is 24.0. The summed E-state index contributed by atoms with van der Waals surface area (Å²) in [5.74, 6) is 1.09. The fourth-order valence-corrected chi connectivity index (χ4v) is 3.12. The molecule has 1 N–H and O–H groups in total. The summed E-state index contributed by atoms with van der Waals surface area (Å²) in [4.78, 5) is 7.21. The summed E-state index contributed by atoms with van der Waals surface area (Å²) in [7, 11) is 1.75. The third kappa shape index (κ3) is 5.70. The summed E-state index contributed by atoms with van der Waals surface area (Å²) < 4.78 is 5.09. The van der Waals surface area contributed by atoms with Crippen molar-refractivity contribution in [3.8, 4) is 0 Å². The van der Waals surface area contributed by atoms with Crippen LogP contribution in [0.5, 0.6) is 0 Å². The molecule has 0 aromatic rings. The van der Waals surface area contributed by atoms with E-state index in [4.69, 9.17) is 9.73 Å². The van der Waals surface area contributed by atoms with E-state index in [-0.39, 0.29) is 0 Å². The highest BCUT2D eigenvalue weighted by atomic mass is 16.5. The molecule has 20 heavy (non-hydrogen) atoms. The Hall–Kier alpha value is -0.770. The van der Waals surface area contributed by atoms with Gasteiger partial charge in [0, 0.05) is 39.9 Å². The number of rotatable bonds is 7. The van der Waals surface area contributed by atoms with Crippen LogP contribution in [0.4, 0.5) is 0 Å². The summed E-state index contributed by atoms with van der Waals surface area (Å²) in [5.41, 5.74) is 0.454. The van der Waals surface area contributed by atoms with Crippen molar-refractivity contribution >= 4 is 5.96 Å². The van der Waals surface area contributed by atoms with E-state index in [1.54, 1.807) is 7.11 Å². The second kappa shape index (κ2) is 9.22. The van der Waals surface area contributed by atoms with Crippen LogP contribution in [0.2, 0.25) is 0 Å². The maximum absolute atomic E-state index is 5.09. The molecule has 1 unspecified atom stereocenters. The van der Waals surface area contributed by atoms with Crippen LogP contribution in [0.25, 0.3) is 0 Å². The Balaban J connectivity index is 2.60. The van der Waals surface area contributed by atoms with Crippen molar-refractivity contribution in [2.75, 3.05) is 39.9 Å². The van der Waals surface area contributed by atoms with Crippen LogP contribution in [0.15, 0.2) is 4.99 Å². The Kier molecular flexibility index (Phi) is 7.97. The van der Waals surface area contributed by atoms with Gasteiger partial charge in [-0.05, 0) is 38.0 Å². The molecule has 0 radical (unpaired) electrons. The number of guanidine groups is 1. The Morgan fingerprint density at radius 1 is 1.40 bits per heavy atom. The van der Waals surface area contributed by atoms with Crippen molar-refractivity contribution in [1.82, 2.24) is 10.2 Å². The quantitative estimate of drug-likeness (QED) is 0.443. The van der Waals surface area contributed by atoms with Crippen molar-refractivity contribution in [3.63, 3.8) is 0 Å². The van der Waals surface area contributed by atoms with Gasteiger partial charge in [0.1, 0.15) is 0 Å². The van der Waals surface area contributed by atoms with E-state index in [1.807, 2.05) is 0 Å². The van der Waals surface area contributed by atoms with E-state index in [0.29, 0.717) is 5.41 Å². The lowest BCUT2D eigenvalue weighted by atomic mass is 9.78. The molecule has 0 spiro atoms. The topological polar surface area (TPSA) is 36.9 Å². The van der Waals surface area contributed by atoms with Gasteiger partial charge < -0.3 is 15.0 Å². The van der Waals surface area contributed by atoms with Gasteiger partial charge in [-0.3, -0.25) is 4.99 Å². The first kappa shape index (κ1) is 17.3. The first-order valence-corrected chi connectivity index (χ1v) is 8.17. The molecule has 1 fully saturated rings. The van der Waals surface area contributed by atoms with Crippen molar-refractivity contribution in [1.29, 1.82) is 0 Å². The molecule has 1 aliphatic heterocycles. The first-order chi connectivity index (χ1) is 9.65. The Morgan fingerprint density at radius 2 is 2.20 bits per heavy atom. The predicted octanol–water partition coefficient (Wildman–Crippen LogP) is 2.89. The minimum Gasteiger partial charge on any atom is -0.385 e. The van der Waals surface area contributed by atoms with Crippen LogP contribution in [-0.2, 0) is 4.74 Å². The Bertz CT molecular complexity index is 289. The highest BCUT2D eigenvalue weighted by Crippen LogP contribution is 2.33. The summed E-state index contributed by atoms with van der Waals surface area (Å²) in [6.07, 6.45) is 6.20. The zero-order valence-corrected chi connectivity index (χ0v) is 13.9. The van der Waals surface area contributed by atoms with Gasteiger partial charge in [-0.1, -0.05) is 20.3 Å². The number of likely N-dealkylation sites (tertiary alicyclic amines) is 1. The Labute approximate surface area is 125 Å². The molecule has 0 amide bonds. The van der Waals surface area contributed by atoms with Gasteiger partial charge >= 0.3 is 0 Å². The molecule has 0 saturated carbocycles. The largest absolute Gasteiger partial charge is 0.385 e. The molecule has 1 saturated heterocycles. The molecular formula is C16H33N3O. The maximum Gasteiger partial charge on any atom is 0.193 e. The smallest absolute Gasteiger partial charge is 0.193 e. The Morgan fingerprint density at radius 3 is 2.85 bits per heavy atom. The number of aliphatic imine (C=N–C) groups is 1. The standard InChI is InChI=1S/C16H33N3O/c1-5-9-16(3)10-7-12-19(14-16)15(17-6-2)18-11-8-13-20-4/h5-14H2,1-4H3,(H,17,18). The van der Waals surface area contributed by atoms with Crippen molar-refractivity contribution in [3.05, 3.63) is 0 Å². The van der Waals surface area contributed by atoms with Gasteiger partial charge in [-0.2, -0.15) is 0 Å². The molecule has 1 rings (SSSR count). The van der Waals surface area contributed by atoms with Gasteiger partial charge in [0.25, 0.3) is 0 Å². The van der Waals surface area contributed by atoms with Gasteiger partial charge in [0.15, 0.2) is 5.96 Å². The lowest BCUT2D eigenvalue weighted by molar-refractivity contribution is 0.142. The molecule has 0 aliphatic carbocycles. The number of hydrogen-bond acceptors (Lipinski definition) is 2. The average Bonchev–Trinajstić information content (AvgIpc) is 2.42. The van der Waals surface area contributed by atoms with Crippen molar-refractivity contribution in [2.45, 2.75) is 52.9 Å². The molecule has 1 heterocycles. The molecule has 0 aromatic heterocycles. The summed E-state index contributed by atoms with van der Waals surface area (Å²) >= 11 is 0. The number of piperidine rings is 1. The molecule has 1 atom stereocenters. The van der Waals surface area contributed by atoms with Crippen molar-refractivity contribution < 1.29 is 4.74 Å². The number of ether oxygens (including phenoxy) is 1. The van der Waals surface area contributed by atoms with E-state index >= 15 is 0 Å². The van der Waals surface area contributed by atoms with Crippen LogP contribution in [-0.4, -0.2) is 50.8 Å². The van der Waals surface area contributed by atoms with Gasteiger partial charge in [-0.15, -0.1) is 0 Å². The van der Waals surface area contributed by atoms with Gasteiger partial charge in [0.05, 0.1) is 0 Å². The van der Waals surface area contributed by atoms with E-state index in [2.05, 4.69) is 31.0 Å². The maximum atomic E-state index is 5.09.